The molecular weight excluding hydrogens is 488 g/mol. The van der Waals surface area contributed by atoms with Gasteiger partial charge in [-0.15, -0.1) is 0 Å². The highest BCUT2D eigenvalue weighted by Crippen LogP contribution is 2.38. The minimum atomic E-state index is -1.06. The van der Waals surface area contributed by atoms with Crippen LogP contribution >= 0.6 is 0 Å². The first kappa shape index (κ1) is 26.9. The topological polar surface area (TPSA) is 99.5 Å². The molecule has 9 heteroatoms. The molecule has 0 spiro atoms. The molecule has 1 saturated carbocycles. The molecule has 1 aliphatic rings. The summed E-state index contributed by atoms with van der Waals surface area (Å²) in [7, 11) is 6.12. The van der Waals surface area contributed by atoms with E-state index >= 15 is 0 Å². The molecule has 0 saturated heterocycles. The maximum atomic E-state index is 14.1. The maximum Gasteiger partial charge on any atom is 0.294 e. The van der Waals surface area contributed by atoms with Gasteiger partial charge in [0.15, 0.2) is 17.3 Å². The van der Waals surface area contributed by atoms with Crippen molar-refractivity contribution in [1.82, 2.24) is 5.32 Å². The molecule has 0 aliphatic heterocycles. The summed E-state index contributed by atoms with van der Waals surface area (Å²) in [6.07, 6.45) is 6.46. The van der Waals surface area contributed by atoms with Crippen molar-refractivity contribution in [3.05, 3.63) is 66.1 Å². The number of nitrogens with one attached hydrogen (secondary N) is 1. The molecule has 1 atom stereocenters. The van der Waals surface area contributed by atoms with Gasteiger partial charge < -0.3 is 28.7 Å². The molecule has 2 aromatic carbocycles. The van der Waals surface area contributed by atoms with Gasteiger partial charge in [0.2, 0.25) is 5.91 Å². The number of hydrogen-bond acceptors (Lipinski definition) is 7. The van der Waals surface area contributed by atoms with E-state index in [9.17, 15) is 9.59 Å². The smallest absolute Gasteiger partial charge is 0.294 e. The molecule has 3 aromatic rings. The van der Waals surface area contributed by atoms with Crippen LogP contribution in [-0.2, 0) is 4.79 Å². The Bertz CT molecular complexity index is 1210. The van der Waals surface area contributed by atoms with Crippen LogP contribution in [0.3, 0.4) is 0 Å². The van der Waals surface area contributed by atoms with Gasteiger partial charge in [-0.3, -0.25) is 14.5 Å². The number of furan rings is 1. The lowest BCUT2D eigenvalue weighted by Gasteiger charge is -2.33. The number of methoxy groups -OCH3 is 4. The fraction of sp³-hybridized carbons (Fsp3) is 0.379. The highest BCUT2D eigenvalue weighted by Gasteiger charge is 2.36. The van der Waals surface area contributed by atoms with Gasteiger partial charge in [0.1, 0.15) is 17.5 Å². The van der Waals surface area contributed by atoms with Gasteiger partial charge in [0, 0.05) is 24.2 Å². The van der Waals surface area contributed by atoms with E-state index < -0.39 is 11.9 Å². The Hall–Kier alpha value is -4.14. The lowest BCUT2D eigenvalue weighted by Crippen LogP contribution is -2.47. The average Bonchev–Trinajstić information content (AvgIpc) is 3.50. The van der Waals surface area contributed by atoms with Crippen LogP contribution in [0.15, 0.2) is 59.2 Å². The molecule has 1 N–H and O–H groups in total. The first-order valence-corrected chi connectivity index (χ1v) is 12.6. The summed E-state index contributed by atoms with van der Waals surface area (Å²) in [6.45, 7) is 0. The van der Waals surface area contributed by atoms with E-state index in [0.717, 1.165) is 32.1 Å². The SMILES string of the molecule is COc1cc(OC)cc(N(C(=O)c2ccco2)C(C(=O)NC2CCCCC2)c2ccc(OC)c(OC)c2)c1. The monoisotopic (exact) mass is 522 g/mol. The molecule has 0 radical (unpaired) electrons. The average molecular weight is 523 g/mol. The largest absolute Gasteiger partial charge is 0.497 e. The normalized spacial score (nSPS) is 14.3. The van der Waals surface area contributed by atoms with Crippen LogP contribution in [0.25, 0.3) is 0 Å². The number of rotatable bonds is 10. The van der Waals surface area contributed by atoms with Crippen molar-refractivity contribution in [1.29, 1.82) is 0 Å². The molecule has 1 aliphatic carbocycles. The van der Waals surface area contributed by atoms with Crippen molar-refractivity contribution in [2.24, 2.45) is 0 Å². The van der Waals surface area contributed by atoms with Crippen molar-refractivity contribution < 1.29 is 33.0 Å². The van der Waals surface area contributed by atoms with Crippen LogP contribution in [0.1, 0.15) is 54.3 Å². The highest BCUT2D eigenvalue weighted by molar-refractivity contribution is 6.09. The van der Waals surface area contributed by atoms with E-state index in [0.29, 0.717) is 34.2 Å². The van der Waals surface area contributed by atoms with Crippen LogP contribution in [0.4, 0.5) is 5.69 Å². The van der Waals surface area contributed by atoms with Gasteiger partial charge >= 0.3 is 0 Å². The zero-order valence-electron chi connectivity index (χ0n) is 22.2. The quantitative estimate of drug-likeness (QED) is 0.393. The third kappa shape index (κ3) is 5.88. The predicted octanol–water partition coefficient (Wildman–Crippen LogP) is 5.15. The number of anilines is 1. The van der Waals surface area contributed by atoms with Gasteiger partial charge in [-0.05, 0) is 42.7 Å². The maximum absolute atomic E-state index is 14.1. The molecule has 1 aromatic heterocycles. The molecule has 202 valence electrons. The Morgan fingerprint density at radius 3 is 2.13 bits per heavy atom. The zero-order valence-corrected chi connectivity index (χ0v) is 22.2. The Balaban J connectivity index is 1.89. The van der Waals surface area contributed by atoms with Crippen molar-refractivity contribution in [3.8, 4) is 23.0 Å². The van der Waals surface area contributed by atoms with E-state index in [4.69, 9.17) is 23.4 Å². The molecule has 1 unspecified atom stereocenters. The lowest BCUT2D eigenvalue weighted by molar-refractivity contribution is -0.123. The minimum Gasteiger partial charge on any atom is -0.497 e. The van der Waals surface area contributed by atoms with Crippen molar-refractivity contribution in [2.75, 3.05) is 33.3 Å². The van der Waals surface area contributed by atoms with Crippen LogP contribution < -0.4 is 29.2 Å². The number of nitrogens with zero attached hydrogens (tertiary/aromatic N) is 1. The highest BCUT2D eigenvalue weighted by atomic mass is 16.5. The number of carbonyl (C=O) groups is 2. The Labute approximate surface area is 222 Å². The predicted molar refractivity (Wildman–Crippen MR) is 142 cm³/mol. The van der Waals surface area contributed by atoms with Crippen LogP contribution in [-0.4, -0.2) is 46.3 Å². The van der Waals surface area contributed by atoms with Crippen LogP contribution in [0.5, 0.6) is 23.0 Å². The molecule has 2 amide bonds. The van der Waals surface area contributed by atoms with Gasteiger partial charge in [0.05, 0.1) is 40.4 Å². The Morgan fingerprint density at radius 2 is 1.55 bits per heavy atom. The summed E-state index contributed by atoms with van der Waals surface area (Å²) in [5.74, 6) is 1.16. The summed E-state index contributed by atoms with van der Waals surface area (Å²) < 4.78 is 27.4. The lowest BCUT2D eigenvalue weighted by atomic mass is 9.94. The first-order valence-electron chi connectivity index (χ1n) is 12.6. The van der Waals surface area contributed by atoms with Crippen LogP contribution in [0.2, 0.25) is 0 Å². The fourth-order valence-corrected chi connectivity index (χ4v) is 4.80. The van der Waals surface area contributed by atoms with Crippen molar-refractivity contribution in [3.63, 3.8) is 0 Å². The third-order valence-corrected chi connectivity index (χ3v) is 6.75. The van der Waals surface area contributed by atoms with E-state index in [1.54, 1.807) is 55.6 Å². The standard InChI is InChI=1S/C29H34N2O7/c1-34-22-16-21(17-23(18-22)35-2)31(29(33)25-11-8-14-38-25)27(28(32)30-20-9-6-5-7-10-20)19-12-13-24(36-3)26(15-19)37-4/h8,11-18,20,27H,5-7,9-10H2,1-4H3,(H,30,32). The number of carbonyl (C=O) groups excluding carboxylic acids is 2. The summed E-state index contributed by atoms with van der Waals surface area (Å²) in [4.78, 5) is 29.5. The second-order valence-electron chi connectivity index (χ2n) is 9.08. The van der Waals surface area contributed by atoms with Gasteiger partial charge in [-0.1, -0.05) is 25.3 Å². The molecule has 38 heavy (non-hydrogen) atoms. The second-order valence-corrected chi connectivity index (χ2v) is 9.08. The van der Waals surface area contributed by atoms with Crippen LogP contribution in [0, 0.1) is 0 Å². The summed E-state index contributed by atoms with van der Waals surface area (Å²) in [5, 5.41) is 3.19. The first-order chi connectivity index (χ1) is 18.5. The zero-order chi connectivity index (χ0) is 27.1. The molecule has 9 nitrogen and oxygen atoms in total. The Morgan fingerprint density at radius 1 is 0.868 bits per heavy atom. The minimum absolute atomic E-state index is 0.0271. The molecule has 1 heterocycles. The van der Waals surface area contributed by atoms with E-state index in [1.165, 1.54) is 32.5 Å². The molecular formula is C29H34N2O7. The van der Waals surface area contributed by atoms with Crippen molar-refractivity contribution >= 4 is 17.5 Å². The van der Waals surface area contributed by atoms with E-state index in [2.05, 4.69) is 5.32 Å². The third-order valence-electron chi connectivity index (χ3n) is 6.75. The molecule has 4 rings (SSSR count). The number of amides is 2. The molecule has 1 fully saturated rings. The fourth-order valence-electron chi connectivity index (χ4n) is 4.80. The van der Waals surface area contributed by atoms with Gasteiger partial charge in [0.25, 0.3) is 5.91 Å². The summed E-state index contributed by atoms with van der Waals surface area (Å²) in [5.41, 5.74) is 0.943. The number of ether oxygens (including phenoxy) is 4. The Kier molecular flexibility index (Phi) is 8.78. The number of hydrogen-bond donors (Lipinski definition) is 1. The van der Waals surface area contributed by atoms with E-state index in [-0.39, 0.29) is 17.7 Å². The van der Waals surface area contributed by atoms with Gasteiger partial charge in [-0.25, -0.2) is 0 Å². The van der Waals surface area contributed by atoms with E-state index in [1.807, 2.05) is 0 Å². The summed E-state index contributed by atoms with van der Waals surface area (Å²) in [6, 6.07) is 12.4. The van der Waals surface area contributed by atoms with Gasteiger partial charge in [-0.2, -0.15) is 0 Å². The summed E-state index contributed by atoms with van der Waals surface area (Å²) >= 11 is 0. The second kappa shape index (κ2) is 12.4. The number of benzene rings is 2. The molecule has 0 bridgehead atoms. The van der Waals surface area contributed by atoms with Crippen molar-refractivity contribution in [2.45, 2.75) is 44.2 Å².